The zero-order valence-electron chi connectivity index (χ0n) is 9.91. The zero-order valence-corrected chi connectivity index (χ0v) is 9.91. The summed E-state index contributed by atoms with van der Waals surface area (Å²) in [5, 5.41) is 10.7. The molecule has 1 heterocycles. The number of nitrogens with one attached hydrogen (secondary N) is 1. The summed E-state index contributed by atoms with van der Waals surface area (Å²) in [5.74, 6) is -1.73. The first kappa shape index (κ1) is 14.9. The standard InChI is InChI=1S/C11H11F3N2O3/c1-6-7(10(19)15-5-4-9(17)18)2-3-8(16-6)11(12,13)14/h2-3H,4-5H2,1H3,(H,15,19)(H,17,18). The third-order valence-electron chi connectivity index (χ3n) is 2.25. The highest BCUT2D eigenvalue weighted by Crippen LogP contribution is 2.28. The number of carboxylic acid groups (broad SMARTS) is 1. The largest absolute Gasteiger partial charge is 0.481 e. The Kier molecular flexibility index (Phi) is 4.47. The Hall–Kier alpha value is -2.12. The highest BCUT2D eigenvalue weighted by molar-refractivity contribution is 5.95. The number of hydrogen-bond donors (Lipinski definition) is 2. The number of aliphatic carboxylic acids is 1. The number of pyridine rings is 1. The van der Waals surface area contributed by atoms with Gasteiger partial charge in [0.15, 0.2) is 0 Å². The van der Waals surface area contributed by atoms with Gasteiger partial charge in [0.25, 0.3) is 5.91 Å². The van der Waals surface area contributed by atoms with Crippen LogP contribution in [0.5, 0.6) is 0 Å². The lowest BCUT2D eigenvalue weighted by atomic mass is 10.1. The number of hydrogen-bond acceptors (Lipinski definition) is 3. The summed E-state index contributed by atoms with van der Waals surface area (Å²) in [5.41, 5.74) is -1.16. The van der Waals surface area contributed by atoms with Crippen LogP contribution in [0.3, 0.4) is 0 Å². The number of nitrogens with zero attached hydrogens (tertiary/aromatic N) is 1. The van der Waals surface area contributed by atoms with Crippen LogP contribution in [-0.2, 0) is 11.0 Å². The number of amides is 1. The van der Waals surface area contributed by atoms with Crippen LogP contribution < -0.4 is 5.32 Å². The Labute approximate surface area is 106 Å². The van der Waals surface area contributed by atoms with E-state index in [9.17, 15) is 22.8 Å². The molecular weight excluding hydrogens is 265 g/mol. The smallest absolute Gasteiger partial charge is 0.433 e. The molecule has 0 radical (unpaired) electrons. The Balaban J connectivity index is 2.79. The van der Waals surface area contributed by atoms with Gasteiger partial charge in [-0.2, -0.15) is 13.2 Å². The molecule has 0 bridgehead atoms. The van der Waals surface area contributed by atoms with Gasteiger partial charge in [0, 0.05) is 6.54 Å². The summed E-state index contributed by atoms with van der Waals surface area (Å²) in [4.78, 5) is 25.1. The molecule has 0 aliphatic heterocycles. The number of aromatic nitrogens is 1. The Morgan fingerprint density at radius 2 is 2.00 bits per heavy atom. The molecule has 0 atom stereocenters. The summed E-state index contributed by atoms with van der Waals surface area (Å²) in [6.07, 6.45) is -4.83. The van der Waals surface area contributed by atoms with Crippen LogP contribution in [0.2, 0.25) is 0 Å². The third kappa shape index (κ3) is 4.23. The fraction of sp³-hybridized carbons (Fsp3) is 0.364. The van der Waals surface area contributed by atoms with Crippen LogP contribution in [-0.4, -0.2) is 28.5 Å². The summed E-state index contributed by atoms with van der Waals surface area (Å²) in [6, 6.07) is 1.72. The molecule has 0 spiro atoms. The minimum Gasteiger partial charge on any atom is -0.481 e. The average molecular weight is 276 g/mol. The molecule has 1 aromatic heterocycles. The van der Waals surface area contributed by atoms with Gasteiger partial charge in [-0.05, 0) is 19.1 Å². The molecule has 0 unspecified atom stereocenters. The maximum atomic E-state index is 12.4. The van der Waals surface area contributed by atoms with E-state index in [1.807, 2.05) is 0 Å². The van der Waals surface area contributed by atoms with Crippen LogP contribution in [0, 0.1) is 6.92 Å². The maximum absolute atomic E-state index is 12.4. The lowest BCUT2D eigenvalue weighted by Crippen LogP contribution is -2.27. The van der Waals surface area contributed by atoms with Crippen molar-refractivity contribution in [3.8, 4) is 0 Å². The molecule has 0 saturated heterocycles. The number of carbonyl (C=O) groups is 2. The highest BCUT2D eigenvalue weighted by atomic mass is 19.4. The molecule has 0 aliphatic rings. The predicted octanol–water partition coefficient (Wildman–Crippen LogP) is 1.61. The van der Waals surface area contributed by atoms with E-state index < -0.39 is 23.7 Å². The third-order valence-corrected chi connectivity index (χ3v) is 2.25. The fourth-order valence-electron chi connectivity index (χ4n) is 1.34. The first-order valence-corrected chi connectivity index (χ1v) is 5.26. The van der Waals surface area contributed by atoms with Crippen molar-refractivity contribution in [3.05, 3.63) is 29.1 Å². The van der Waals surface area contributed by atoms with Crippen molar-refractivity contribution in [2.24, 2.45) is 0 Å². The summed E-state index contributed by atoms with van der Waals surface area (Å²) >= 11 is 0. The molecule has 1 aromatic rings. The number of aryl methyl sites for hydroxylation is 1. The second kappa shape index (κ2) is 5.68. The minimum absolute atomic E-state index is 0.0154. The predicted molar refractivity (Wildman–Crippen MR) is 58.6 cm³/mol. The highest BCUT2D eigenvalue weighted by Gasteiger charge is 2.33. The second-order valence-corrected chi connectivity index (χ2v) is 3.73. The van der Waals surface area contributed by atoms with Gasteiger partial charge in [-0.15, -0.1) is 0 Å². The van der Waals surface area contributed by atoms with Gasteiger partial charge in [0.05, 0.1) is 17.7 Å². The second-order valence-electron chi connectivity index (χ2n) is 3.73. The van der Waals surface area contributed by atoms with Crippen molar-refractivity contribution >= 4 is 11.9 Å². The van der Waals surface area contributed by atoms with Gasteiger partial charge in [0.1, 0.15) is 5.69 Å². The van der Waals surface area contributed by atoms with Gasteiger partial charge in [-0.25, -0.2) is 4.98 Å². The first-order valence-electron chi connectivity index (χ1n) is 5.26. The summed E-state index contributed by atoms with van der Waals surface area (Å²) in [6.45, 7) is 1.18. The minimum atomic E-state index is -4.57. The molecule has 1 rings (SSSR count). The quantitative estimate of drug-likeness (QED) is 0.875. The van der Waals surface area contributed by atoms with Gasteiger partial charge in [0.2, 0.25) is 0 Å². The molecule has 1 amide bonds. The SMILES string of the molecule is Cc1nc(C(F)(F)F)ccc1C(=O)NCCC(=O)O. The van der Waals surface area contributed by atoms with E-state index in [1.54, 1.807) is 0 Å². The van der Waals surface area contributed by atoms with Gasteiger partial charge in [-0.3, -0.25) is 9.59 Å². The van der Waals surface area contributed by atoms with Crippen LogP contribution in [0.15, 0.2) is 12.1 Å². The number of alkyl halides is 3. The topological polar surface area (TPSA) is 79.3 Å². The van der Waals surface area contributed by atoms with E-state index in [1.165, 1.54) is 6.92 Å². The van der Waals surface area contributed by atoms with E-state index in [4.69, 9.17) is 5.11 Å². The monoisotopic (exact) mass is 276 g/mol. The van der Waals surface area contributed by atoms with Crippen LogP contribution in [0.25, 0.3) is 0 Å². The van der Waals surface area contributed by atoms with Crippen LogP contribution in [0.1, 0.15) is 28.2 Å². The van der Waals surface area contributed by atoms with Crippen molar-refractivity contribution in [1.82, 2.24) is 10.3 Å². The Bertz CT molecular complexity index is 500. The van der Waals surface area contributed by atoms with Crippen LogP contribution in [0.4, 0.5) is 13.2 Å². The van der Waals surface area contributed by atoms with E-state index in [0.717, 1.165) is 6.07 Å². The van der Waals surface area contributed by atoms with Crippen molar-refractivity contribution < 1.29 is 27.9 Å². The summed E-state index contributed by atoms with van der Waals surface area (Å²) < 4.78 is 37.1. The Morgan fingerprint density at radius 3 is 2.47 bits per heavy atom. The van der Waals surface area contributed by atoms with Crippen molar-refractivity contribution in [3.63, 3.8) is 0 Å². The van der Waals surface area contributed by atoms with Gasteiger partial charge < -0.3 is 10.4 Å². The lowest BCUT2D eigenvalue weighted by Gasteiger charge is -2.10. The van der Waals surface area contributed by atoms with Crippen molar-refractivity contribution in [2.45, 2.75) is 19.5 Å². The molecule has 0 fully saturated rings. The number of rotatable bonds is 4. The number of carbonyl (C=O) groups excluding carboxylic acids is 1. The van der Waals surface area contributed by atoms with Gasteiger partial charge in [-0.1, -0.05) is 0 Å². The van der Waals surface area contributed by atoms with Crippen LogP contribution >= 0.6 is 0 Å². The number of halogens is 3. The first-order chi connectivity index (χ1) is 8.71. The molecule has 2 N–H and O–H groups in total. The maximum Gasteiger partial charge on any atom is 0.433 e. The molecule has 5 nitrogen and oxygen atoms in total. The van der Waals surface area contributed by atoms with E-state index in [-0.39, 0.29) is 24.2 Å². The van der Waals surface area contributed by atoms with E-state index >= 15 is 0 Å². The van der Waals surface area contributed by atoms with Crippen molar-refractivity contribution in [1.29, 1.82) is 0 Å². The normalized spacial score (nSPS) is 11.2. The number of carboxylic acids is 1. The van der Waals surface area contributed by atoms with E-state index in [2.05, 4.69) is 10.3 Å². The molecular formula is C11H11F3N2O3. The zero-order chi connectivity index (χ0) is 14.6. The molecule has 104 valence electrons. The molecule has 0 aromatic carbocycles. The fourth-order valence-corrected chi connectivity index (χ4v) is 1.34. The molecule has 19 heavy (non-hydrogen) atoms. The average Bonchev–Trinajstić information content (AvgIpc) is 2.26. The molecule has 8 heteroatoms. The summed E-state index contributed by atoms with van der Waals surface area (Å²) in [7, 11) is 0. The molecule has 0 aliphatic carbocycles. The van der Waals surface area contributed by atoms with Crippen molar-refractivity contribution in [2.75, 3.05) is 6.54 Å². The molecule has 0 saturated carbocycles. The van der Waals surface area contributed by atoms with E-state index in [0.29, 0.717) is 6.07 Å². The Morgan fingerprint density at radius 1 is 1.37 bits per heavy atom. The van der Waals surface area contributed by atoms with Gasteiger partial charge >= 0.3 is 12.1 Å². The lowest BCUT2D eigenvalue weighted by molar-refractivity contribution is -0.141.